The fourth-order valence-electron chi connectivity index (χ4n) is 2.41. The van der Waals surface area contributed by atoms with Crippen molar-refractivity contribution in [2.75, 3.05) is 11.9 Å². The molecule has 18 heavy (non-hydrogen) atoms. The number of imide groups is 1. The molecule has 3 rings (SSSR count). The maximum Gasteiger partial charge on any atom is 0.265 e. The summed E-state index contributed by atoms with van der Waals surface area (Å²) in [5.74, 6) is -1.27. The summed E-state index contributed by atoms with van der Waals surface area (Å²) in [7, 11) is 1.62. The maximum atomic E-state index is 12.3. The highest BCUT2D eigenvalue weighted by Gasteiger charge is 2.57. The number of benzene rings is 1. The summed E-state index contributed by atoms with van der Waals surface area (Å²) in [6.45, 7) is 0. The second kappa shape index (κ2) is 3.88. The number of carbonyl (C=O) groups excluding carboxylic acids is 2. The third-order valence-corrected chi connectivity index (χ3v) is 3.38. The highest BCUT2D eigenvalue weighted by Crippen LogP contribution is 2.35. The Balaban J connectivity index is 1.97. The Labute approximate surface area is 104 Å². The third kappa shape index (κ3) is 1.40. The molecule has 0 aromatic heterocycles. The van der Waals surface area contributed by atoms with Gasteiger partial charge < -0.3 is 5.73 Å². The number of nitrogens with zero attached hydrogens (tertiary/aromatic N) is 2. The van der Waals surface area contributed by atoms with Gasteiger partial charge in [0.2, 0.25) is 5.91 Å². The van der Waals surface area contributed by atoms with Gasteiger partial charge in [-0.25, -0.2) is 4.90 Å². The minimum Gasteiger partial charge on any atom is -0.313 e. The van der Waals surface area contributed by atoms with Crippen molar-refractivity contribution in [3.63, 3.8) is 0 Å². The zero-order valence-corrected chi connectivity index (χ0v) is 9.82. The molecule has 0 bridgehead atoms. The molecule has 2 heterocycles. The molecule has 2 aliphatic rings. The summed E-state index contributed by atoms with van der Waals surface area (Å²) in [5, 5.41) is 1.37. The Morgan fingerprint density at radius 2 is 1.83 bits per heavy atom. The average Bonchev–Trinajstić information content (AvgIpc) is 2.79. The zero-order chi connectivity index (χ0) is 12.9. The molecular formula is C12H13N3O3. The van der Waals surface area contributed by atoms with Crippen LogP contribution in [-0.4, -0.2) is 36.2 Å². The maximum absolute atomic E-state index is 12.3. The van der Waals surface area contributed by atoms with Gasteiger partial charge in [0, 0.05) is 7.05 Å². The fourth-order valence-corrected chi connectivity index (χ4v) is 2.41. The van der Waals surface area contributed by atoms with Gasteiger partial charge >= 0.3 is 0 Å². The minimum absolute atomic E-state index is 0.298. The molecule has 2 N–H and O–H groups in total. The molecular weight excluding hydrogens is 234 g/mol. The molecule has 3 atom stereocenters. The largest absolute Gasteiger partial charge is 0.313 e. The number of fused-ring (bicyclic) bond motifs is 1. The molecule has 2 saturated heterocycles. The van der Waals surface area contributed by atoms with Gasteiger partial charge in [-0.1, -0.05) is 18.2 Å². The summed E-state index contributed by atoms with van der Waals surface area (Å²) in [5.41, 5.74) is 6.41. The number of nitrogens with two attached hydrogens (primary N) is 1. The van der Waals surface area contributed by atoms with Crippen LogP contribution >= 0.6 is 0 Å². The van der Waals surface area contributed by atoms with Crippen LogP contribution in [0.15, 0.2) is 30.3 Å². The van der Waals surface area contributed by atoms with Crippen LogP contribution in [0.3, 0.4) is 0 Å². The highest BCUT2D eigenvalue weighted by atomic mass is 16.7. The van der Waals surface area contributed by atoms with E-state index in [-0.39, 0.29) is 11.8 Å². The van der Waals surface area contributed by atoms with Crippen LogP contribution in [0.25, 0.3) is 0 Å². The van der Waals surface area contributed by atoms with E-state index in [0.29, 0.717) is 5.69 Å². The number of anilines is 1. The normalized spacial score (nSPS) is 32.1. The monoisotopic (exact) mass is 247 g/mol. The second-order valence-corrected chi connectivity index (χ2v) is 4.44. The van der Waals surface area contributed by atoms with Crippen molar-refractivity contribution in [2.45, 2.75) is 12.3 Å². The van der Waals surface area contributed by atoms with Gasteiger partial charge in [0.1, 0.15) is 5.92 Å². The van der Waals surface area contributed by atoms with Crippen LogP contribution in [0.4, 0.5) is 5.69 Å². The van der Waals surface area contributed by atoms with Gasteiger partial charge in [-0.2, -0.15) is 5.06 Å². The lowest BCUT2D eigenvalue weighted by Crippen LogP contribution is -2.43. The Hall–Kier alpha value is -1.76. The molecule has 0 aliphatic carbocycles. The number of carbonyl (C=O) groups is 2. The Bertz CT molecular complexity index is 505. The van der Waals surface area contributed by atoms with Gasteiger partial charge in [-0.3, -0.25) is 14.4 Å². The van der Waals surface area contributed by atoms with Gasteiger partial charge in [0.25, 0.3) is 5.91 Å². The van der Waals surface area contributed by atoms with Gasteiger partial charge in [-0.05, 0) is 12.1 Å². The van der Waals surface area contributed by atoms with Crippen LogP contribution in [0.2, 0.25) is 0 Å². The van der Waals surface area contributed by atoms with Crippen molar-refractivity contribution in [3.8, 4) is 0 Å². The van der Waals surface area contributed by atoms with Crippen molar-refractivity contribution < 1.29 is 14.4 Å². The summed E-state index contributed by atoms with van der Waals surface area (Å²) in [4.78, 5) is 30.9. The first-order chi connectivity index (χ1) is 8.61. The number of amides is 2. The predicted molar refractivity (Wildman–Crippen MR) is 63.0 cm³/mol. The predicted octanol–water partition coefficient (Wildman–Crippen LogP) is -0.294. The Morgan fingerprint density at radius 1 is 1.17 bits per heavy atom. The topological polar surface area (TPSA) is 75.9 Å². The Kier molecular flexibility index (Phi) is 2.44. The number of rotatable bonds is 1. The minimum atomic E-state index is -0.794. The highest BCUT2D eigenvalue weighted by molar-refractivity contribution is 6.23. The zero-order valence-electron chi connectivity index (χ0n) is 9.82. The number of hydrogen-bond acceptors (Lipinski definition) is 5. The van der Waals surface area contributed by atoms with Crippen molar-refractivity contribution in [1.29, 1.82) is 0 Å². The molecule has 0 spiro atoms. The number of para-hydroxylation sites is 1. The SMILES string of the molecule is CN1O[C@H]2C(=O)N(c3ccccc3)C(=O)[C@H]2[C@@H]1N. The third-order valence-electron chi connectivity index (χ3n) is 3.38. The number of hydrogen-bond donors (Lipinski definition) is 1. The van der Waals surface area contributed by atoms with E-state index in [9.17, 15) is 9.59 Å². The summed E-state index contributed by atoms with van der Waals surface area (Å²) < 4.78 is 0. The molecule has 0 unspecified atom stereocenters. The van der Waals surface area contributed by atoms with Crippen molar-refractivity contribution in [2.24, 2.45) is 11.7 Å². The number of hydroxylamine groups is 2. The van der Waals surface area contributed by atoms with Gasteiger partial charge in [-0.15, -0.1) is 0 Å². The standard InChI is InChI=1S/C12H13N3O3/c1-14-10(13)8-9(18-14)12(17)15(11(8)16)7-5-3-2-4-6-7/h2-6,8-10H,13H2,1H3/t8-,9-,10-/m1/s1. The quantitative estimate of drug-likeness (QED) is 0.690. The summed E-state index contributed by atoms with van der Waals surface area (Å²) in [6, 6.07) is 8.80. The molecule has 1 aromatic carbocycles. The van der Waals surface area contributed by atoms with E-state index in [2.05, 4.69) is 0 Å². The van der Waals surface area contributed by atoms with Crippen LogP contribution < -0.4 is 10.6 Å². The van der Waals surface area contributed by atoms with E-state index >= 15 is 0 Å². The molecule has 2 amide bonds. The lowest BCUT2D eigenvalue weighted by Gasteiger charge is -2.20. The van der Waals surface area contributed by atoms with Gasteiger partial charge in [0.15, 0.2) is 6.10 Å². The van der Waals surface area contributed by atoms with Crippen LogP contribution in [0.5, 0.6) is 0 Å². The second-order valence-electron chi connectivity index (χ2n) is 4.44. The molecule has 1 aromatic rings. The van der Waals surface area contributed by atoms with Gasteiger partial charge in [0.05, 0.1) is 11.9 Å². The molecule has 6 nitrogen and oxygen atoms in total. The first-order valence-electron chi connectivity index (χ1n) is 5.69. The first-order valence-corrected chi connectivity index (χ1v) is 5.69. The molecule has 2 aliphatic heterocycles. The molecule has 0 saturated carbocycles. The van der Waals surface area contributed by atoms with E-state index in [1.807, 2.05) is 6.07 Å². The van der Waals surface area contributed by atoms with E-state index in [1.54, 1.807) is 31.3 Å². The van der Waals surface area contributed by atoms with Crippen LogP contribution in [0.1, 0.15) is 0 Å². The van der Waals surface area contributed by atoms with E-state index in [0.717, 1.165) is 4.90 Å². The van der Waals surface area contributed by atoms with Crippen molar-refractivity contribution in [1.82, 2.24) is 5.06 Å². The summed E-state index contributed by atoms with van der Waals surface area (Å²) in [6.07, 6.45) is -1.38. The smallest absolute Gasteiger partial charge is 0.265 e. The van der Waals surface area contributed by atoms with E-state index < -0.39 is 18.2 Å². The van der Waals surface area contributed by atoms with Crippen LogP contribution in [-0.2, 0) is 14.4 Å². The lowest BCUT2D eigenvalue weighted by molar-refractivity contribution is -0.159. The summed E-state index contributed by atoms with van der Waals surface area (Å²) >= 11 is 0. The molecule has 2 fully saturated rings. The molecule has 0 radical (unpaired) electrons. The fraction of sp³-hybridized carbons (Fsp3) is 0.333. The van der Waals surface area contributed by atoms with E-state index in [1.165, 1.54) is 5.06 Å². The van der Waals surface area contributed by atoms with Crippen LogP contribution in [0, 0.1) is 5.92 Å². The van der Waals surface area contributed by atoms with Crippen molar-refractivity contribution >= 4 is 17.5 Å². The molecule has 94 valence electrons. The van der Waals surface area contributed by atoms with E-state index in [4.69, 9.17) is 10.6 Å². The first kappa shape index (κ1) is 11.3. The lowest BCUT2D eigenvalue weighted by atomic mass is 10.0. The van der Waals surface area contributed by atoms with Crippen molar-refractivity contribution in [3.05, 3.63) is 30.3 Å². The average molecular weight is 247 g/mol. The Morgan fingerprint density at radius 3 is 2.44 bits per heavy atom. The molecule has 6 heteroatoms.